The summed E-state index contributed by atoms with van der Waals surface area (Å²) >= 11 is 0. The summed E-state index contributed by atoms with van der Waals surface area (Å²) in [5.41, 5.74) is 0.993. The number of piperidine rings is 1. The summed E-state index contributed by atoms with van der Waals surface area (Å²) in [6.45, 7) is 6.51. The predicted molar refractivity (Wildman–Crippen MR) is 143 cm³/mol. The van der Waals surface area contributed by atoms with Crippen LogP contribution < -0.4 is 0 Å². The van der Waals surface area contributed by atoms with Crippen LogP contribution in [0, 0.1) is 23.0 Å². The van der Waals surface area contributed by atoms with E-state index in [-0.39, 0.29) is 19.4 Å². The number of halogens is 5. The summed E-state index contributed by atoms with van der Waals surface area (Å²) in [7, 11) is 0. The van der Waals surface area contributed by atoms with Crippen molar-refractivity contribution >= 4 is 5.70 Å². The number of aliphatic hydroxyl groups is 1. The van der Waals surface area contributed by atoms with Crippen LogP contribution in [0.25, 0.3) is 16.8 Å². The first kappa shape index (κ1) is 28.1. The number of likely N-dealkylation sites (tertiary alicyclic amines) is 2. The molecule has 1 unspecified atom stereocenters. The summed E-state index contributed by atoms with van der Waals surface area (Å²) in [5, 5.41) is 9.75. The van der Waals surface area contributed by atoms with E-state index in [1.165, 1.54) is 12.1 Å². The second-order valence-electron chi connectivity index (χ2n) is 11.7. The number of rotatable bonds is 8. The first-order valence-electron chi connectivity index (χ1n) is 14.0. The Labute approximate surface area is 227 Å². The number of benzene rings is 2. The molecule has 0 bridgehead atoms. The van der Waals surface area contributed by atoms with Crippen LogP contribution >= 0.6 is 0 Å². The van der Waals surface area contributed by atoms with Crippen molar-refractivity contribution in [1.82, 2.24) is 9.80 Å². The van der Waals surface area contributed by atoms with Gasteiger partial charge in [-0.2, -0.15) is 13.2 Å². The highest BCUT2D eigenvalue weighted by Crippen LogP contribution is 2.53. The number of hydrogen-bond acceptors (Lipinski definition) is 3. The van der Waals surface area contributed by atoms with Crippen LogP contribution in [0.5, 0.6) is 0 Å². The second-order valence-corrected chi connectivity index (χ2v) is 11.7. The van der Waals surface area contributed by atoms with Crippen LogP contribution in [0.4, 0.5) is 22.0 Å². The zero-order chi connectivity index (χ0) is 27.8. The molecule has 2 aromatic rings. The molecular formula is C31H37F5N2O. The van der Waals surface area contributed by atoms with E-state index in [1.807, 2.05) is 15.9 Å². The lowest BCUT2D eigenvalue weighted by molar-refractivity contribution is -0.256. The molecule has 3 fully saturated rings. The summed E-state index contributed by atoms with van der Waals surface area (Å²) in [6.07, 6.45) is 0.497. The summed E-state index contributed by atoms with van der Waals surface area (Å²) < 4.78 is 70.5. The Morgan fingerprint density at radius 3 is 2.28 bits per heavy atom. The smallest absolute Gasteiger partial charge is 0.391 e. The maximum Gasteiger partial charge on any atom is 0.395 e. The minimum absolute atomic E-state index is 0.118. The molecule has 3 aliphatic rings. The standard InChI is InChI=1S/C31H37F5N2O/c1-21(38-16-11-25(39)19-38)26-8-6-24(18-29(26)33)27-7-5-23(17-28(27)32)4-3-22-9-14-37(15-10-22)20-30(12-2-13-30)31(34,35)36/h5-8,17-18,22,25,39H,1-4,9-16,19-20H2. The van der Waals surface area contributed by atoms with Gasteiger partial charge in [-0.1, -0.05) is 31.2 Å². The van der Waals surface area contributed by atoms with E-state index in [0.717, 1.165) is 24.8 Å². The van der Waals surface area contributed by atoms with Crippen LogP contribution in [-0.2, 0) is 6.42 Å². The van der Waals surface area contributed by atoms with Crippen LogP contribution in [0.15, 0.2) is 43.0 Å². The van der Waals surface area contributed by atoms with Gasteiger partial charge in [0, 0.05) is 36.5 Å². The molecule has 0 aromatic heterocycles. The maximum absolute atomic E-state index is 15.1. The molecule has 0 spiro atoms. The number of nitrogens with zero attached hydrogens (tertiary/aromatic N) is 2. The third-order valence-electron chi connectivity index (χ3n) is 9.16. The van der Waals surface area contributed by atoms with Gasteiger partial charge in [0.1, 0.15) is 11.6 Å². The van der Waals surface area contributed by atoms with Gasteiger partial charge < -0.3 is 14.9 Å². The Bertz CT molecular complexity index is 1180. The summed E-state index contributed by atoms with van der Waals surface area (Å²) in [5.74, 6) is -0.472. The molecular weight excluding hydrogens is 511 g/mol. The lowest BCUT2D eigenvalue weighted by atomic mass is 9.67. The topological polar surface area (TPSA) is 26.7 Å². The Kier molecular flexibility index (Phi) is 8.07. The zero-order valence-corrected chi connectivity index (χ0v) is 22.2. The van der Waals surface area contributed by atoms with Gasteiger partial charge in [0.2, 0.25) is 0 Å². The highest BCUT2D eigenvalue weighted by atomic mass is 19.4. The molecule has 1 aliphatic carbocycles. The molecule has 5 rings (SSSR count). The van der Waals surface area contributed by atoms with E-state index in [2.05, 4.69) is 6.58 Å². The van der Waals surface area contributed by atoms with E-state index in [1.54, 1.807) is 18.2 Å². The maximum atomic E-state index is 15.1. The summed E-state index contributed by atoms with van der Waals surface area (Å²) in [4.78, 5) is 3.83. The summed E-state index contributed by atoms with van der Waals surface area (Å²) in [6, 6.07) is 9.68. The number of β-amino-alcohol motifs (C(OH)–C–C–N with tert-alkyl or cyclic N) is 1. The van der Waals surface area contributed by atoms with Crippen molar-refractivity contribution in [2.45, 2.75) is 63.6 Å². The third-order valence-corrected chi connectivity index (χ3v) is 9.16. The van der Waals surface area contributed by atoms with Gasteiger partial charge in [-0.3, -0.25) is 0 Å². The SMILES string of the molecule is C=C(c1ccc(-c2ccc(CCC3CCN(CC4(C(F)(F)F)CCC4)CC3)cc2F)cc1F)N1CCC(O)C1. The molecule has 2 saturated heterocycles. The van der Waals surface area contributed by atoms with Gasteiger partial charge in [0.05, 0.1) is 11.5 Å². The second kappa shape index (κ2) is 11.2. The van der Waals surface area contributed by atoms with E-state index in [0.29, 0.717) is 73.7 Å². The highest BCUT2D eigenvalue weighted by molar-refractivity contribution is 5.70. The first-order valence-corrected chi connectivity index (χ1v) is 14.0. The van der Waals surface area contributed by atoms with Crippen LogP contribution in [-0.4, -0.2) is 59.9 Å². The monoisotopic (exact) mass is 548 g/mol. The van der Waals surface area contributed by atoms with Crippen LogP contribution in [0.3, 0.4) is 0 Å². The predicted octanol–water partition coefficient (Wildman–Crippen LogP) is 7.05. The van der Waals surface area contributed by atoms with Crippen LogP contribution in [0.1, 0.15) is 56.1 Å². The van der Waals surface area contributed by atoms with E-state index in [9.17, 15) is 22.7 Å². The van der Waals surface area contributed by atoms with Gasteiger partial charge in [0.25, 0.3) is 0 Å². The minimum atomic E-state index is -4.13. The number of alkyl halides is 3. The van der Waals surface area contributed by atoms with Crippen molar-refractivity contribution in [2.75, 3.05) is 32.7 Å². The Balaban J connectivity index is 1.14. The Hall–Kier alpha value is -2.45. The molecule has 0 radical (unpaired) electrons. The number of hydrogen-bond donors (Lipinski definition) is 1. The van der Waals surface area contributed by atoms with Crippen molar-refractivity contribution in [3.63, 3.8) is 0 Å². The number of aryl methyl sites for hydroxylation is 1. The molecule has 2 aliphatic heterocycles. The Morgan fingerprint density at radius 2 is 1.72 bits per heavy atom. The molecule has 8 heteroatoms. The molecule has 2 heterocycles. The molecule has 1 atom stereocenters. The largest absolute Gasteiger partial charge is 0.395 e. The Morgan fingerprint density at radius 1 is 0.974 bits per heavy atom. The fourth-order valence-corrected chi connectivity index (χ4v) is 6.39. The number of aliphatic hydroxyl groups excluding tert-OH is 1. The highest BCUT2D eigenvalue weighted by Gasteiger charge is 2.58. The molecule has 2 aromatic carbocycles. The van der Waals surface area contributed by atoms with Crippen molar-refractivity contribution in [3.8, 4) is 11.1 Å². The average molecular weight is 549 g/mol. The van der Waals surface area contributed by atoms with Crippen molar-refractivity contribution in [3.05, 3.63) is 65.7 Å². The lowest BCUT2D eigenvalue weighted by Crippen LogP contribution is -2.53. The van der Waals surface area contributed by atoms with Crippen molar-refractivity contribution in [2.24, 2.45) is 11.3 Å². The molecule has 1 saturated carbocycles. The van der Waals surface area contributed by atoms with Crippen molar-refractivity contribution in [1.29, 1.82) is 0 Å². The van der Waals surface area contributed by atoms with Gasteiger partial charge in [-0.25, -0.2) is 8.78 Å². The van der Waals surface area contributed by atoms with E-state index >= 15 is 4.39 Å². The molecule has 1 N–H and O–H groups in total. The van der Waals surface area contributed by atoms with E-state index < -0.39 is 29.3 Å². The van der Waals surface area contributed by atoms with E-state index in [4.69, 9.17) is 0 Å². The van der Waals surface area contributed by atoms with Gasteiger partial charge >= 0.3 is 6.18 Å². The zero-order valence-electron chi connectivity index (χ0n) is 22.2. The first-order chi connectivity index (χ1) is 18.5. The lowest BCUT2D eigenvalue weighted by Gasteiger charge is -2.47. The third kappa shape index (κ3) is 6.02. The molecule has 212 valence electrons. The fraction of sp³-hybridized carbons (Fsp3) is 0.548. The normalized spacial score (nSPS) is 22.2. The average Bonchev–Trinajstić information content (AvgIpc) is 3.31. The quantitative estimate of drug-likeness (QED) is 0.358. The van der Waals surface area contributed by atoms with Crippen molar-refractivity contribution < 1.29 is 27.1 Å². The van der Waals surface area contributed by atoms with Gasteiger partial charge in [0.15, 0.2) is 0 Å². The fourth-order valence-electron chi connectivity index (χ4n) is 6.39. The van der Waals surface area contributed by atoms with Gasteiger partial charge in [-0.05, 0) is 93.3 Å². The molecule has 39 heavy (non-hydrogen) atoms. The minimum Gasteiger partial charge on any atom is -0.391 e. The van der Waals surface area contributed by atoms with Crippen LogP contribution in [0.2, 0.25) is 0 Å². The van der Waals surface area contributed by atoms with Gasteiger partial charge in [-0.15, -0.1) is 0 Å². The molecule has 3 nitrogen and oxygen atoms in total. The molecule has 0 amide bonds.